The van der Waals surface area contributed by atoms with Gasteiger partial charge in [-0.3, -0.25) is 0 Å². The maximum atomic E-state index is 14.9. The SMILES string of the molecule is COc1ccc(Br)cc1-c1cc(F)c(-c2cc(Br)ccc2OC)cc1F.COc1ccccc1-c1cc(F)c(-c2ccccc2OC)cc1F.[B]=NS. The topological polar surface area (TPSA) is 49.3 Å². The van der Waals surface area contributed by atoms with E-state index in [1.807, 2.05) is 0 Å². The number of hydrogen-bond acceptors (Lipinski definition) is 6. The molecule has 6 aromatic rings. The number of para-hydroxylation sites is 2. The molecule has 13 heteroatoms. The average molecular weight is 868 g/mol. The van der Waals surface area contributed by atoms with E-state index in [4.69, 9.17) is 18.9 Å². The van der Waals surface area contributed by atoms with Gasteiger partial charge in [0.1, 0.15) is 46.3 Å². The summed E-state index contributed by atoms with van der Waals surface area (Å²) >= 11 is 9.89. The van der Waals surface area contributed by atoms with Crippen LogP contribution in [0.5, 0.6) is 23.0 Å². The molecule has 0 aliphatic rings. The molecule has 5 nitrogen and oxygen atoms in total. The van der Waals surface area contributed by atoms with E-state index in [2.05, 4.69) is 56.6 Å². The second-order valence-electron chi connectivity index (χ2n) is 10.8. The standard InChI is InChI=1S/C20H14Br2F2O2.C20H16F2O2.BHNS/c1-25-19-5-3-11(21)7-15(19)13-9-18(24)14(10-17(13)23)16-8-12(22)4-6-20(16)26-2;1-23-19-9-5-3-7-13(19)15-11-18(22)16(12-17(15)21)14-8-4-6-10-20(14)24-2;1-2-3/h3-10H,1-2H3;3-12H,1-2H3;3H. The van der Waals surface area contributed by atoms with Gasteiger partial charge < -0.3 is 18.9 Å². The number of methoxy groups -OCH3 is 4. The third-order valence-corrected chi connectivity index (χ3v) is 8.80. The Labute approximate surface area is 328 Å². The van der Waals surface area contributed by atoms with Gasteiger partial charge in [0.15, 0.2) is 0 Å². The summed E-state index contributed by atoms with van der Waals surface area (Å²) in [5.41, 5.74) is 2.49. The normalized spacial score (nSPS) is 10.2. The zero-order chi connectivity index (χ0) is 38.7. The molecule has 1 radical (unpaired) electrons. The van der Waals surface area contributed by atoms with Gasteiger partial charge in [-0.2, -0.15) is 0 Å². The fraction of sp³-hybridized carbons (Fsp3) is 0.100. The summed E-state index contributed by atoms with van der Waals surface area (Å²) in [5.74, 6) is -0.275. The van der Waals surface area contributed by atoms with Gasteiger partial charge in [0.05, 0.1) is 28.4 Å². The Hall–Kier alpha value is -4.59. The molecule has 0 N–H and O–H groups in total. The zero-order valence-corrected chi connectivity index (χ0v) is 32.8. The van der Waals surface area contributed by atoms with Crippen LogP contribution in [0.15, 0.2) is 122 Å². The summed E-state index contributed by atoms with van der Waals surface area (Å²) in [5, 5.41) is 0. The second-order valence-corrected chi connectivity index (χ2v) is 12.9. The summed E-state index contributed by atoms with van der Waals surface area (Å²) in [6.07, 6.45) is 0. The molecule has 53 heavy (non-hydrogen) atoms. The molecular weight excluding hydrogens is 837 g/mol. The van der Waals surface area contributed by atoms with Crippen LogP contribution in [-0.2, 0) is 0 Å². The van der Waals surface area contributed by atoms with Crippen LogP contribution in [0.4, 0.5) is 17.6 Å². The fourth-order valence-corrected chi connectivity index (χ4v) is 6.16. The Bertz CT molecular complexity index is 2080. The van der Waals surface area contributed by atoms with Gasteiger partial charge in [-0.1, -0.05) is 68.3 Å². The Kier molecular flexibility index (Phi) is 15.1. The predicted molar refractivity (Wildman–Crippen MR) is 213 cm³/mol. The molecule has 6 rings (SSSR count). The van der Waals surface area contributed by atoms with E-state index in [1.165, 1.54) is 52.7 Å². The summed E-state index contributed by atoms with van der Waals surface area (Å²) < 4.78 is 84.4. The summed E-state index contributed by atoms with van der Waals surface area (Å²) in [6.45, 7) is 0. The number of benzene rings is 6. The summed E-state index contributed by atoms with van der Waals surface area (Å²) in [4.78, 5) is 0. The molecule has 271 valence electrons. The van der Waals surface area contributed by atoms with Crippen molar-refractivity contribution in [3.8, 4) is 67.5 Å². The molecule has 0 spiro atoms. The first-order chi connectivity index (χ1) is 25.5. The average Bonchev–Trinajstić information content (AvgIpc) is 3.16. The van der Waals surface area contributed by atoms with Crippen LogP contribution < -0.4 is 18.9 Å². The molecule has 6 aromatic carbocycles. The zero-order valence-electron chi connectivity index (χ0n) is 28.8. The Morgan fingerprint density at radius 1 is 0.434 bits per heavy atom. The van der Waals surface area contributed by atoms with E-state index >= 15 is 0 Å². The Morgan fingerprint density at radius 2 is 0.698 bits per heavy atom. The van der Waals surface area contributed by atoms with Gasteiger partial charge in [-0.15, -0.1) is 0 Å². The third-order valence-electron chi connectivity index (χ3n) is 7.81. The van der Waals surface area contributed by atoms with Gasteiger partial charge >= 0.3 is 24.8 Å². The third kappa shape index (κ3) is 9.89. The van der Waals surface area contributed by atoms with E-state index in [9.17, 15) is 17.6 Å². The molecule has 0 bridgehead atoms. The van der Waals surface area contributed by atoms with Crippen molar-refractivity contribution in [1.29, 1.82) is 0 Å². The summed E-state index contributed by atoms with van der Waals surface area (Å²) in [6, 6.07) is 28.9. The number of halogens is 6. The van der Waals surface area contributed by atoms with Gasteiger partial charge in [0.2, 0.25) is 0 Å². The van der Waals surface area contributed by atoms with E-state index in [1.54, 1.807) is 84.9 Å². The molecule has 0 unspecified atom stereocenters. The van der Waals surface area contributed by atoms with E-state index < -0.39 is 23.3 Å². The van der Waals surface area contributed by atoms with Crippen LogP contribution in [0.25, 0.3) is 44.5 Å². The van der Waals surface area contributed by atoms with Crippen molar-refractivity contribution in [2.24, 2.45) is 4.30 Å². The molecule has 0 saturated heterocycles. The van der Waals surface area contributed by atoms with Crippen molar-refractivity contribution in [2.45, 2.75) is 0 Å². The van der Waals surface area contributed by atoms with Gasteiger partial charge in [0, 0.05) is 53.5 Å². The first-order valence-corrected chi connectivity index (χ1v) is 17.5. The van der Waals surface area contributed by atoms with Crippen LogP contribution in [0, 0.1) is 23.3 Å². The minimum atomic E-state index is -0.556. The van der Waals surface area contributed by atoms with Crippen molar-refractivity contribution in [1.82, 2.24) is 0 Å². The van der Waals surface area contributed by atoms with Gasteiger partial charge in [0.25, 0.3) is 0 Å². The molecule has 0 aromatic heterocycles. The quantitative estimate of drug-likeness (QED) is 0.0941. The predicted octanol–water partition coefficient (Wildman–Crippen LogP) is 12.3. The maximum absolute atomic E-state index is 14.9. The van der Waals surface area contributed by atoms with Gasteiger partial charge in [-0.05, 0) is 72.8 Å². The second kappa shape index (κ2) is 19.5. The van der Waals surface area contributed by atoms with Gasteiger partial charge in [-0.25, -0.2) is 17.6 Å². The Balaban J connectivity index is 0.000000221. The molecule has 0 heterocycles. The molecule has 0 atom stereocenters. The van der Waals surface area contributed by atoms with Crippen LogP contribution in [0.2, 0.25) is 0 Å². The van der Waals surface area contributed by atoms with Crippen LogP contribution in [0.1, 0.15) is 0 Å². The van der Waals surface area contributed by atoms with Crippen LogP contribution in [0.3, 0.4) is 0 Å². The van der Waals surface area contributed by atoms with Crippen molar-refractivity contribution in [3.05, 3.63) is 141 Å². The van der Waals surface area contributed by atoms with Crippen molar-refractivity contribution < 1.29 is 36.5 Å². The first-order valence-electron chi connectivity index (χ1n) is 15.5. The molecule has 0 aliphatic carbocycles. The first kappa shape index (κ1) is 41.2. The van der Waals surface area contributed by atoms with Crippen molar-refractivity contribution in [2.75, 3.05) is 28.4 Å². The molecule has 0 fully saturated rings. The molecular formula is C40H31BBr2F4NO4S. The fourth-order valence-electron chi connectivity index (χ4n) is 5.43. The van der Waals surface area contributed by atoms with Crippen molar-refractivity contribution >= 4 is 52.3 Å². The van der Waals surface area contributed by atoms with Crippen LogP contribution in [-0.4, -0.2) is 36.1 Å². The minimum absolute atomic E-state index is 0.123. The van der Waals surface area contributed by atoms with E-state index in [-0.39, 0.29) is 22.3 Å². The molecule has 0 amide bonds. The number of ether oxygens (including phenoxy) is 4. The van der Waals surface area contributed by atoms with E-state index in [0.717, 1.165) is 8.95 Å². The number of rotatable bonds is 8. The van der Waals surface area contributed by atoms with Crippen molar-refractivity contribution in [3.63, 3.8) is 0 Å². The molecule has 0 aliphatic heterocycles. The number of thiol groups is 1. The summed E-state index contributed by atoms with van der Waals surface area (Å²) in [7, 11) is 10.3. The number of nitrogens with zero attached hydrogens (tertiary/aromatic N) is 1. The van der Waals surface area contributed by atoms with E-state index in [0.29, 0.717) is 45.3 Å². The Morgan fingerprint density at radius 3 is 1.00 bits per heavy atom. The monoisotopic (exact) mass is 866 g/mol. The van der Waals surface area contributed by atoms with Crippen LogP contribution >= 0.6 is 44.7 Å². The molecule has 0 saturated carbocycles. The number of hydrogen-bond donors (Lipinski definition) is 1.